The van der Waals surface area contributed by atoms with Gasteiger partial charge in [0, 0.05) is 32.2 Å². The highest BCUT2D eigenvalue weighted by Crippen LogP contribution is 2.25. The van der Waals surface area contributed by atoms with Crippen molar-refractivity contribution in [2.24, 2.45) is 0 Å². The quantitative estimate of drug-likeness (QED) is 0.640. The van der Waals surface area contributed by atoms with E-state index in [9.17, 15) is 14.7 Å². The Morgan fingerprint density at radius 1 is 1.29 bits per heavy atom. The minimum atomic E-state index is -1.04. The van der Waals surface area contributed by atoms with E-state index in [-0.39, 0.29) is 17.4 Å². The number of hydrogen-bond acceptors (Lipinski definition) is 5. The van der Waals surface area contributed by atoms with E-state index in [1.54, 1.807) is 21.0 Å². The summed E-state index contributed by atoms with van der Waals surface area (Å²) in [5.41, 5.74) is 0.587. The van der Waals surface area contributed by atoms with E-state index in [4.69, 9.17) is 0 Å². The number of aryl methyl sites for hydroxylation is 1. The number of aromatic carboxylic acids is 1. The number of nitrogens with zero attached hydrogens (tertiary/aromatic N) is 3. The summed E-state index contributed by atoms with van der Waals surface area (Å²) in [6.45, 7) is 5.59. The molecule has 0 atom stereocenters. The summed E-state index contributed by atoms with van der Waals surface area (Å²) in [5.74, 6) is 0.206. The Hall–Kier alpha value is -1.63. The highest BCUT2D eigenvalue weighted by atomic mass is 32.2. The second-order valence-electron chi connectivity index (χ2n) is 5.19. The third kappa shape index (κ3) is 4.70. The van der Waals surface area contributed by atoms with Gasteiger partial charge >= 0.3 is 5.97 Å². The maximum atomic E-state index is 11.6. The van der Waals surface area contributed by atoms with E-state index in [1.807, 2.05) is 13.8 Å². The summed E-state index contributed by atoms with van der Waals surface area (Å²) >= 11 is 1.29. The van der Waals surface area contributed by atoms with Crippen LogP contribution in [-0.2, 0) is 4.79 Å². The molecule has 21 heavy (non-hydrogen) atoms. The number of aromatic nitrogens is 2. The van der Waals surface area contributed by atoms with E-state index in [0.29, 0.717) is 28.7 Å². The summed E-state index contributed by atoms with van der Waals surface area (Å²) in [7, 11) is 3.39. The number of carbonyl (C=O) groups is 2. The zero-order valence-corrected chi connectivity index (χ0v) is 13.8. The fraction of sp³-hybridized carbons (Fsp3) is 0.571. The molecule has 6 nitrogen and oxygen atoms in total. The molecule has 0 aromatic carbocycles. The predicted molar refractivity (Wildman–Crippen MR) is 81.9 cm³/mol. The first-order valence-corrected chi connectivity index (χ1v) is 7.67. The molecule has 116 valence electrons. The Kier molecular flexibility index (Phi) is 6.14. The second-order valence-corrected chi connectivity index (χ2v) is 6.28. The lowest BCUT2D eigenvalue weighted by Gasteiger charge is -2.13. The largest absolute Gasteiger partial charge is 0.478 e. The zero-order chi connectivity index (χ0) is 16.2. The summed E-state index contributed by atoms with van der Waals surface area (Å²) < 4.78 is 0. The normalized spacial score (nSPS) is 10.8. The first kappa shape index (κ1) is 17.4. The van der Waals surface area contributed by atoms with Gasteiger partial charge in [-0.15, -0.1) is 11.8 Å². The number of carbonyl (C=O) groups excluding carboxylic acids is 1. The first-order valence-electron chi connectivity index (χ1n) is 6.68. The van der Waals surface area contributed by atoms with E-state index in [0.717, 1.165) is 0 Å². The summed E-state index contributed by atoms with van der Waals surface area (Å²) in [6.07, 6.45) is 0.344. The molecule has 0 saturated carbocycles. The Morgan fingerprint density at radius 2 is 1.90 bits per heavy atom. The van der Waals surface area contributed by atoms with Crippen LogP contribution in [0.2, 0.25) is 0 Å². The zero-order valence-electron chi connectivity index (χ0n) is 13.0. The third-order valence-electron chi connectivity index (χ3n) is 2.86. The van der Waals surface area contributed by atoms with Crippen molar-refractivity contribution >= 4 is 23.6 Å². The monoisotopic (exact) mass is 311 g/mol. The molecular weight excluding hydrogens is 290 g/mol. The Morgan fingerprint density at radius 3 is 2.38 bits per heavy atom. The van der Waals surface area contributed by atoms with Gasteiger partial charge in [0.1, 0.15) is 16.4 Å². The molecular formula is C14H21N3O3S. The average Bonchev–Trinajstić information content (AvgIpc) is 2.37. The van der Waals surface area contributed by atoms with Crippen LogP contribution in [0, 0.1) is 6.92 Å². The molecule has 7 heteroatoms. The van der Waals surface area contributed by atoms with Crippen molar-refractivity contribution in [3.63, 3.8) is 0 Å². The minimum absolute atomic E-state index is 0.00855. The predicted octanol–water partition coefficient (Wildman–Crippen LogP) is 2.18. The van der Waals surface area contributed by atoms with Crippen molar-refractivity contribution in [3.05, 3.63) is 17.1 Å². The van der Waals surface area contributed by atoms with Gasteiger partial charge < -0.3 is 10.0 Å². The smallest absolute Gasteiger partial charge is 0.340 e. The molecule has 0 aliphatic rings. The van der Waals surface area contributed by atoms with Crippen LogP contribution in [0.3, 0.4) is 0 Å². The van der Waals surface area contributed by atoms with Crippen molar-refractivity contribution in [3.8, 4) is 0 Å². The molecule has 0 bridgehead atoms. The maximum Gasteiger partial charge on any atom is 0.340 e. The maximum absolute atomic E-state index is 11.6. The highest BCUT2D eigenvalue weighted by Gasteiger charge is 2.19. The Labute approximate surface area is 129 Å². The molecule has 1 rings (SSSR count). The van der Waals surface area contributed by atoms with E-state index < -0.39 is 5.97 Å². The highest BCUT2D eigenvalue weighted by molar-refractivity contribution is 7.99. The Balaban J connectivity index is 2.97. The van der Waals surface area contributed by atoms with Crippen LogP contribution in [0.1, 0.15) is 48.1 Å². The van der Waals surface area contributed by atoms with Gasteiger partial charge in [-0.3, -0.25) is 4.79 Å². The first-order chi connectivity index (χ1) is 9.73. The second kappa shape index (κ2) is 7.40. The molecule has 1 aromatic rings. The molecule has 1 heterocycles. The van der Waals surface area contributed by atoms with E-state index in [2.05, 4.69) is 9.97 Å². The number of carboxylic acid groups (broad SMARTS) is 1. The molecule has 0 aliphatic carbocycles. The van der Waals surface area contributed by atoms with Crippen molar-refractivity contribution in [2.75, 3.05) is 19.8 Å². The standard InChI is InChI=1S/C14H21N3O3S/c1-8(2)12-15-9(3)11(14(19)20)13(16-12)21-7-6-10(18)17(4)5/h8H,6-7H2,1-5H3,(H,19,20). The average molecular weight is 311 g/mol. The van der Waals surface area contributed by atoms with Gasteiger partial charge in [0.2, 0.25) is 5.91 Å². The van der Waals surface area contributed by atoms with Crippen LogP contribution in [0.5, 0.6) is 0 Å². The third-order valence-corrected chi connectivity index (χ3v) is 3.83. The molecule has 1 amide bonds. The number of amides is 1. The lowest BCUT2D eigenvalue weighted by atomic mass is 10.2. The fourth-order valence-electron chi connectivity index (χ4n) is 1.63. The minimum Gasteiger partial charge on any atom is -0.478 e. The molecule has 1 N–H and O–H groups in total. The van der Waals surface area contributed by atoms with Gasteiger partial charge in [-0.25, -0.2) is 14.8 Å². The van der Waals surface area contributed by atoms with Crippen LogP contribution in [-0.4, -0.2) is 51.7 Å². The molecule has 0 fully saturated rings. The number of carboxylic acids is 1. The molecule has 0 spiro atoms. The van der Waals surface area contributed by atoms with Crippen LogP contribution in [0.4, 0.5) is 0 Å². The van der Waals surface area contributed by atoms with Crippen molar-refractivity contribution in [2.45, 2.75) is 38.1 Å². The van der Waals surface area contributed by atoms with E-state index >= 15 is 0 Å². The van der Waals surface area contributed by atoms with Gasteiger partial charge in [0.15, 0.2) is 0 Å². The Bertz CT molecular complexity index is 545. The van der Waals surface area contributed by atoms with E-state index in [1.165, 1.54) is 16.7 Å². The molecule has 0 saturated heterocycles. The summed E-state index contributed by atoms with van der Waals surface area (Å²) in [4.78, 5) is 33.0. The lowest BCUT2D eigenvalue weighted by Crippen LogP contribution is -2.21. The van der Waals surface area contributed by atoms with Gasteiger partial charge in [0.25, 0.3) is 0 Å². The molecule has 0 unspecified atom stereocenters. The summed E-state index contributed by atoms with van der Waals surface area (Å²) in [5, 5.41) is 9.74. The lowest BCUT2D eigenvalue weighted by molar-refractivity contribution is -0.128. The van der Waals surface area contributed by atoms with Crippen molar-refractivity contribution in [1.29, 1.82) is 0 Å². The van der Waals surface area contributed by atoms with Crippen LogP contribution in [0.15, 0.2) is 5.03 Å². The number of hydrogen-bond donors (Lipinski definition) is 1. The van der Waals surface area contributed by atoms with Gasteiger partial charge in [-0.1, -0.05) is 13.8 Å². The van der Waals surface area contributed by atoms with Crippen LogP contribution in [0.25, 0.3) is 0 Å². The molecule has 1 aromatic heterocycles. The summed E-state index contributed by atoms with van der Waals surface area (Å²) in [6, 6.07) is 0. The fourth-order valence-corrected chi connectivity index (χ4v) is 2.64. The number of thioether (sulfide) groups is 1. The van der Waals surface area contributed by atoms with Crippen LogP contribution < -0.4 is 0 Å². The van der Waals surface area contributed by atoms with Crippen LogP contribution >= 0.6 is 11.8 Å². The molecule has 0 aliphatic heterocycles. The van der Waals surface area contributed by atoms with Gasteiger partial charge in [-0.2, -0.15) is 0 Å². The van der Waals surface area contributed by atoms with Gasteiger partial charge in [0.05, 0.1) is 5.69 Å². The van der Waals surface area contributed by atoms with Crippen molar-refractivity contribution in [1.82, 2.24) is 14.9 Å². The SMILES string of the molecule is Cc1nc(C(C)C)nc(SCCC(=O)N(C)C)c1C(=O)O. The number of rotatable bonds is 6. The molecule has 0 radical (unpaired) electrons. The van der Waals surface area contributed by atoms with Gasteiger partial charge in [-0.05, 0) is 6.92 Å². The van der Waals surface area contributed by atoms with Crippen molar-refractivity contribution < 1.29 is 14.7 Å². The topological polar surface area (TPSA) is 83.4 Å².